The zero-order valence-corrected chi connectivity index (χ0v) is 21.4. The van der Waals surface area contributed by atoms with E-state index < -0.39 is 0 Å². The van der Waals surface area contributed by atoms with Crippen LogP contribution in [0.25, 0.3) is 5.69 Å². The summed E-state index contributed by atoms with van der Waals surface area (Å²) >= 11 is 0. The Kier molecular flexibility index (Phi) is 10.2. The van der Waals surface area contributed by atoms with Crippen molar-refractivity contribution in [3.63, 3.8) is 0 Å². The third kappa shape index (κ3) is 7.55. The number of nitrogens with zero attached hydrogens (tertiary/aromatic N) is 4. The third-order valence-corrected chi connectivity index (χ3v) is 5.48. The highest BCUT2D eigenvalue weighted by atomic mass is 127. The van der Waals surface area contributed by atoms with Crippen LogP contribution in [-0.4, -0.2) is 53.5 Å². The molecule has 0 unspecified atom stereocenters. The smallest absolute Gasteiger partial charge is 0.191 e. The number of aliphatic imine (C=N–C) groups is 1. The molecule has 1 aliphatic rings. The molecule has 3 aromatic rings. The van der Waals surface area contributed by atoms with Crippen LogP contribution in [0.15, 0.2) is 72.0 Å². The molecule has 0 amide bonds. The number of ether oxygens (including phenoxy) is 1. The van der Waals surface area contributed by atoms with E-state index in [-0.39, 0.29) is 24.0 Å². The first kappa shape index (κ1) is 25.2. The SMILES string of the molecule is CCNC(=NCc1cnn(-c2ccccc2)c1)NCc1ccccc1CN1CCOCC1.I. The first-order valence-electron chi connectivity index (χ1n) is 11.3. The van der Waals surface area contributed by atoms with Gasteiger partial charge in [0.2, 0.25) is 0 Å². The van der Waals surface area contributed by atoms with Gasteiger partial charge in [-0.25, -0.2) is 9.67 Å². The predicted molar refractivity (Wildman–Crippen MR) is 143 cm³/mol. The quantitative estimate of drug-likeness (QED) is 0.251. The second-order valence-corrected chi connectivity index (χ2v) is 7.83. The molecule has 1 saturated heterocycles. The second-order valence-electron chi connectivity index (χ2n) is 7.83. The molecule has 1 aliphatic heterocycles. The topological polar surface area (TPSA) is 66.7 Å². The molecule has 0 radical (unpaired) electrons. The van der Waals surface area contributed by atoms with E-state index in [9.17, 15) is 0 Å². The van der Waals surface area contributed by atoms with Gasteiger partial charge in [-0.1, -0.05) is 42.5 Å². The fourth-order valence-electron chi connectivity index (χ4n) is 3.74. The van der Waals surface area contributed by atoms with Gasteiger partial charge < -0.3 is 15.4 Å². The minimum Gasteiger partial charge on any atom is -0.379 e. The van der Waals surface area contributed by atoms with Gasteiger partial charge >= 0.3 is 0 Å². The summed E-state index contributed by atoms with van der Waals surface area (Å²) in [7, 11) is 0. The Balaban J connectivity index is 0.00000306. The van der Waals surface area contributed by atoms with Gasteiger partial charge in [-0.05, 0) is 30.2 Å². The summed E-state index contributed by atoms with van der Waals surface area (Å²) in [5.41, 5.74) is 4.76. The van der Waals surface area contributed by atoms with E-state index in [1.807, 2.05) is 47.4 Å². The van der Waals surface area contributed by atoms with Gasteiger partial charge in [0.05, 0.1) is 31.6 Å². The average Bonchev–Trinajstić information content (AvgIpc) is 3.32. The van der Waals surface area contributed by atoms with Crippen LogP contribution in [0.4, 0.5) is 0 Å². The molecule has 0 atom stereocenters. The lowest BCUT2D eigenvalue weighted by molar-refractivity contribution is 0.0341. The molecular formula is C25H33IN6O. The molecule has 0 spiro atoms. The van der Waals surface area contributed by atoms with Crippen LogP contribution < -0.4 is 10.6 Å². The van der Waals surface area contributed by atoms with Crippen LogP contribution in [0.3, 0.4) is 0 Å². The number of halogens is 1. The summed E-state index contributed by atoms with van der Waals surface area (Å²) in [6, 6.07) is 18.7. The van der Waals surface area contributed by atoms with E-state index in [1.165, 1.54) is 11.1 Å². The molecule has 0 saturated carbocycles. The second kappa shape index (κ2) is 13.3. The van der Waals surface area contributed by atoms with E-state index in [1.54, 1.807) is 0 Å². The van der Waals surface area contributed by atoms with Crippen LogP contribution in [-0.2, 0) is 24.4 Å². The maximum absolute atomic E-state index is 5.48. The van der Waals surface area contributed by atoms with E-state index in [0.29, 0.717) is 6.54 Å². The minimum atomic E-state index is 0. The third-order valence-electron chi connectivity index (χ3n) is 5.48. The zero-order chi connectivity index (χ0) is 22.0. The van der Waals surface area contributed by atoms with Crippen LogP contribution in [0, 0.1) is 0 Å². The number of para-hydroxylation sites is 1. The van der Waals surface area contributed by atoms with Crippen molar-refractivity contribution in [2.75, 3.05) is 32.8 Å². The van der Waals surface area contributed by atoms with E-state index >= 15 is 0 Å². The van der Waals surface area contributed by atoms with Crippen LogP contribution in [0.1, 0.15) is 23.6 Å². The van der Waals surface area contributed by atoms with E-state index in [4.69, 9.17) is 9.73 Å². The number of guanidine groups is 1. The van der Waals surface area contributed by atoms with Crippen molar-refractivity contribution in [2.24, 2.45) is 4.99 Å². The molecule has 4 rings (SSSR count). The molecule has 33 heavy (non-hydrogen) atoms. The standard InChI is InChI=1S/C25H32N6O.HI/c1-2-26-25(27-16-21-17-29-31(19-21)24-10-4-3-5-11-24)28-18-22-8-6-7-9-23(22)20-30-12-14-32-15-13-30;/h3-11,17,19H,2,12-16,18,20H2,1H3,(H2,26,27,28);1H. The number of aromatic nitrogens is 2. The fourth-order valence-corrected chi connectivity index (χ4v) is 3.74. The molecule has 1 aromatic heterocycles. The monoisotopic (exact) mass is 560 g/mol. The molecular weight excluding hydrogens is 527 g/mol. The van der Waals surface area contributed by atoms with Crippen LogP contribution in [0.2, 0.25) is 0 Å². The van der Waals surface area contributed by atoms with E-state index in [2.05, 4.69) is 51.8 Å². The van der Waals surface area contributed by atoms with Crippen molar-refractivity contribution in [3.05, 3.63) is 83.7 Å². The number of morpholine rings is 1. The Labute approximate surface area is 213 Å². The highest BCUT2D eigenvalue weighted by Crippen LogP contribution is 2.13. The number of benzene rings is 2. The minimum absolute atomic E-state index is 0. The van der Waals surface area contributed by atoms with Crippen molar-refractivity contribution in [1.82, 2.24) is 25.3 Å². The highest BCUT2D eigenvalue weighted by molar-refractivity contribution is 14.0. The van der Waals surface area contributed by atoms with Crippen molar-refractivity contribution in [1.29, 1.82) is 0 Å². The van der Waals surface area contributed by atoms with Crippen molar-refractivity contribution >= 4 is 29.9 Å². The van der Waals surface area contributed by atoms with Crippen molar-refractivity contribution in [2.45, 2.75) is 26.6 Å². The van der Waals surface area contributed by atoms with Crippen molar-refractivity contribution < 1.29 is 4.74 Å². The van der Waals surface area contributed by atoms with Gasteiger partial charge in [0.15, 0.2) is 5.96 Å². The predicted octanol–water partition coefficient (Wildman–Crippen LogP) is 3.58. The van der Waals surface area contributed by atoms with Gasteiger partial charge in [0.1, 0.15) is 0 Å². The van der Waals surface area contributed by atoms with Crippen LogP contribution >= 0.6 is 24.0 Å². The number of nitrogens with one attached hydrogen (secondary N) is 2. The zero-order valence-electron chi connectivity index (χ0n) is 19.1. The van der Waals surface area contributed by atoms with Crippen molar-refractivity contribution in [3.8, 4) is 5.69 Å². The summed E-state index contributed by atoms with van der Waals surface area (Å²) in [6.07, 6.45) is 3.90. The summed E-state index contributed by atoms with van der Waals surface area (Å²) in [6.45, 7) is 8.75. The molecule has 7 nitrogen and oxygen atoms in total. The summed E-state index contributed by atoms with van der Waals surface area (Å²) in [4.78, 5) is 7.22. The number of hydrogen-bond acceptors (Lipinski definition) is 4. The lowest BCUT2D eigenvalue weighted by Gasteiger charge is -2.27. The Morgan fingerprint density at radius 2 is 1.73 bits per heavy atom. The summed E-state index contributed by atoms with van der Waals surface area (Å²) < 4.78 is 7.36. The summed E-state index contributed by atoms with van der Waals surface area (Å²) in [5, 5.41) is 11.3. The molecule has 2 aromatic carbocycles. The van der Waals surface area contributed by atoms with Crippen LogP contribution in [0.5, 0.6) is 0 Å². The Bertz CT molecular complexity index is 1000. The lowest BCUT2D eigenvalue weighted by atomic mass is 10.1. The molecule has 2 N–H and O–H groups in total. The van der Waals surface area contributed by atoms with E-state index in [0.717, 1.165) is 63.1 Å². The van der Waals surface area contributed by atoms with Gasteiger partial charge in [-0.2, -0.15) is 5.10 Å². The number of rotatable bonds is 8. The first-order chi connectivity index (χ1) is 15.8. The maximum atomic E-state index is 5.48. The van der Waals surface area contributed by atoms with Gasteiger partial charge in [-0.3, -0.25) is 4.90 Å². The van der Waals surface area contributed by atoms with Gasteiger partial charge in [0, 0.05) is 44.5 Å². The Morgan fingerprint density at radius 3 is 2.48 bits per heavy atom. The Morgan fingerprint density at radius 1 is 1.00 bits per heavy atom. The molecule has 0 aliphatic carbocycles. The highest BCUT2D eigenvalue weighted by Gasteiger charge is 2.13. The first-order valence-corrected chi connectivity index (χ1v) is 11.3. The molecule has 8 heteroatoms. The fraction of sp³-hybridized carbons (Fsp3) is 0.360. The molecule has 176 valence electrons. The van der Waals surface area contributed by atoms with Gasteiger partial charge in [-0.15, -0.1) is 24.0 Å². The summed E-state index contributed by atoms with van der Waals surface area (Å²) in [5.74, 6) is 0.807. The number of hydrogen-bond donors (Lipinski definition) is 2. The molecule has 2 heterocycles. The normalized spacial score (nSPS) is 14.5. The average molecular weight is 560 g/mol. The Hall–Kier alpha value is -2.43. The largest absolute Gasteiger partial charge is 0.379 e. The maximum Gasteiger partial charge on any atom is 0.191 e. The molecule has 1 fully saturated rings. The van der Waals surface area contributed by atoms with Gasteiger partial charge in [0.25, 0.3) is 0 Å². The lowest BCUT2D eigenvalue weighted by Crippen LogP contribution is -2.38. The molecule has 0 bridgehead atoms.